The topological polar surface area (TPSA) is 134 Å². The Bertz CT molecular complexity index is 682. The molecule has 0 aliphatic heterocycles. The molecule has 0 aliphatic carbocycles. The molecule has 0 unspecified atom stereocenters. The molecule has 2 rings (SSSR count). The van der Waals surface area contributed by atoms with Gasteiger partial charge in [0.15, 0.2) is 0 Å². The third kappa shape index (κ3) is 7.53. The Morgan fingerprint density at radius 1 is 0.593 bits per heavy atom. The first-order chi connectivity index (χ1) is 13.0. The van der Waals surface area contributed by atoms with E-state index in [-0.39, 0.29) is 49.4 Å². The molecule has 0 amide bonds. The third-order valence-corrected chi connectivity index (χ3v) is 4.87. The van der Waals surface area contributed by atoms with E-state index < -0.39 is 9.84 Å². The quantitative estimate of drug-likeness (QED) is 0.470. The first-order valence-electron chi connectivity index (χ1n) is 8.13. The molecule has 4 N–H and O–H groups in total. The maximum absolute atomic E-state index is 12.5. The second kappa shape index (κ2) is 12.3. The summed E-state index contributed by atoms with van der Waals surface area (Å²) in [5, 5.41) is 32.6. The molecule has 9 heteroatoms. The zero-order valence-electron chi connectivity index (χ0n) is 14.7. The smallest absolute Gasteiger partial charge is 0.206 e. The summed E-state index contributed by atoms with van der Waals surface area (Å²) in [6, 6.07) is 12.0. The number of hydrogen-bond acceptors (Lipinski definition) is 8. The predicted molar refractivity (Wildman–Crippen MR) is 97.7 cm³/mol. The number of ether oxygens (including phenoxy) is 2. The molecule has 8 nitrogen and oxygen atoms in total. The van der Waals surface area contributed by atoms with Crippen LogP contribution in [0.3, 0.4) is 0 Å². The van der Waals surface area contributed by atoms with Crippen LogP contribution in [0.1, 0.15) is 0 Å². The SMILES string of the molecule is O=S(=O)(c1ccc(OCCO)cc1)c1ccc(OCCO)cc1.OCCO. The van der Waals surface area contributed by atoms with Gasteiger partial charge in [-0.25, -0.2) is 8.42 Å². The summed E-state index contributed by atoms with van der Waals surface area (Å²) in [5.74, 6) is 0.983. The molecule has 2 aromatic rings. The zero-order valence-corrected chi connectivity index (χ0v) is 15.5. The average Bonchev–Trinajstić information content (AvgIpc) is 2.71. The van der Waals surface area contributed by atoms with Crippen LogP contribution in [0.5, 0.6) is 11.5 Å². The van der Waals surface area contributed by atoms with E-state index in [9.17, 15) is 8.42 Å². The Labute approximate surface area is 158 Å². The minimum atomic E-state index is -3.62. The van der Waals surface area contributed by atoms with Gasteiger partial charge >= 0.3 is 0 Å². The van der Waals surface area contributed by atoms with Crippen molar-refractivity contribution in [2.45, 2.75) is 9.79 Å². The van der Waals surface area contributed by atoms with Crippen LogP contribution in [0.4, 0.5) is 0 Å². The molecule has 0 atom stereocenters. The van der Waals surface area contributed by atoms with E-state index in [4.69, 9.17) is 29.9 Å². The summed E-state index contributed by atoms with van der Waals surface area (Å²) in [4.78, 5) is 0.302. The second-order valence-corrected chi connectivity index (χ2v) is 6.99. The molecule has 0 saturated heterocycles. The number of aliphatic hydroxyl groups is 4. The first-order valence-corrected chi connectivity index (χ1v) is 9.62. The van der Waals surface area contributed by atoms with Crippen LogP contribution in [0, 0.1) is 0 Å². The van der Waals surface area contributed by atoms with Gasteiger partial charge in [0.25, 0.3) is 0 Å². The van der Waals surface area contributed by atoms with Gasteiger partial charge < -0.3 is 29.9 Å². The molecule has 0 radical (unpaired) electrons. The minimum Gasteiger partial charge on any atom is -0.491 e. The average molecular weight is 400 g/mol. The molecule has 0 aromatic heterocycles. The number of benzene rings is 2. The van der Waals surface area contributed by atoms with Crippen LogP contribution in [0.25, 0.3) is 0 Å². The van der Waals surface area contributed by atoms with Gasteiger partial charge in [-0.05, 0) is 48.5 Å². The molecule has 0 fully saturated rings. The molecule has 0 bridgehead atoms. The Morgan fingerprint density at radius 3 is 1.19 bits per heavy atom. The van der Waals surface area contributed by atoms with Crippen molar-refractivity contribution in [2.24, 2.45) is 0 Å². The van der Waals surface area contributed by atoms with Crippen molar-refractivity contribution in [2.75, 3.05) is 39.6 Å². The van der Waals surface area contributed by atoms with Crippen molar-refractivity contribution < 1.29 is 38.3 Å². The number of rotatable bonds is 9. The van der Waals surface area contributed by atoms with Gasteiger partial charge in [-0.3, -0.25) is 0 Å². The lowest BCUT2D eigenvalue weighted by Crippen LogP contribution is -2.04. The molecular weight excluding hydrogens is 376 g/mol. The van der Waals surface area contributed by atoms with Gasteiger partial charge in [0.2, 0.25) is 9.84 Å². The van der Waals surface area contributed by atoms with E-state index in [1.165, 1.54) is 24.3 Å². The first kappa shape index (κ1) is 22.9. The van der Waals surface area contributed by atoms with Gasteiger partial charge in [-0.1, -0.05) is 0 Å². The molecule has 0 heterocycles. The van der Waals surface area contributed by atoms with E-state index in [1.54, 1.807) is 24.3 Å². The molecule has 0 spiro atoms. The number of hydrogen-bond donors (Lipinski definition) is 4. The Kier molecular flexibility index (Phi) is 10.4. The maximum atomic E-state index is 12.5. The highest BCUT2D eigenvalue weighted by Gasteiger charge is 2.17. The van der Waals surface area contributed by atoms with Crippen molar-refractivity contribution in [3.8, 4) is 11.5 Å². The van der Waals surface area contributed by atoms with Gasteiger partial charge in [0.05, 0.1) is 36.2 Å². The predicted octanol–water partition coefficient (Wildman–Crippen LogP) is 0.233. The third-order valence-electron chi connectivity index (χ3n) is 3.09. The highest BCUT2D eigenvalue weighted by atomic mass is 32.2. The summed E-state index contributed by atoms with van der Waals surface area (Å²) < 4.78 is 35.4. The summed E-state index contributed by atoms with van der Waals surface area (Å²) in [6.45, 7) is -0.154. The molecule has 27 heavy (non-hydrogen) atoms. The summed E-state index contributed by atoms with van der Waals surface area (Å²) in [6.07, 6.45) is 0. The highest BCUT2D eigenvalue weighted by molar-refractivity contribution is 7.91. The maximum Gasteiger partial charge on any atom is 0.206 e. The van der Waals surface area contributed by atoms with E-state index in [1.807, 2.05) is 0 Å². The molecule has 2 aromatic carbocycles. The highest BCUT2D eigenvalue weighted by Crippen LogP contribution is 2.24. The van der Waals surface area contributed by atoms with Crippen molar-refractivity contribution in [3.63, 3.8) is 0 Å². The van der Waals surface area contributed by atoms with Crippen LogP contribution in [0.15, 0.2) is 58.3 Å². The summed E-state index contributed by atoms with van der Waals surface area (Å²) in [7, 11) is -3.62. The normalized spacial score (nSPS) is 10.7. The Morgan fingerprint density at radius 2 is 0.926 bits per heavy atom. The van der Waals surface area contributed by atoms with Crippen LogP contribution >= 0.6 is 0 Å². The summed E-state index contributed by atoms with van der Waals surface area (Å²) >= 11 is 0. The van der Waals surface area contributed by atoms with E-state index >= 15 is 0 Å². The molecule has 0 aliphatic rings. The van der Waals surface area contributed by atoms with Crippen LogP contribution < -0.4 is 9.47 Å². The van der Waals surface area contributed by atoms with Crippen molar-refractivity contribution >= 4 is 9.84 Å². The zero-order chi connectivity index (χ0) is 20.1. The lowest BCUT2D eigenvalue weighted by molar-refractivity contribution is 0.186. The number of sulfone groups is 1. The lowest BCUT2D eigenvalue weighted by atomic mass is 10.3. The van der Waals surface area contributed by atoms with Crippen molar-refractivity contribution in [1.82, 2.24) is 0 Å². The monoisotopic (exact) mass is 400 g/mol. The van der Waals surface area contributed by atoms with Gasteiger partial charge in [-0.15, -0.1) is 0 Å². The van der Waals surface area contributed by atoms with Gasteiger partial charge in [-0.2, -0.15) is 0 Å². The van der Waals surface area contributed by atoms with E-state index in [2.05, 4.69) is 0 Å². The molecular formula is C18H24O8S. The standard InChI is InChI=1S/C16H18O6S.C2H6O2/c17-9-11-21-13-1-5-15(6-2-13)23(19,20)16-7-3-14(4-8-16)22-12-10-18;3-1-2-4/h1-8,17-18H,9-12H2;3-4H,1-2H2. The van der Waals surface area contributed by atoms with E-state index in [0.717, 1.165) is 0 Å². The van der Waals surface area contributed by atoms with Crippen LogP contribution in [-0.4, -0.2) is 68.5 Å². The molecule has 0 saturated carbocycles. The fourth-order valence-corrected chi connectivity index (χ4v) is 3.15. The summed E-state index contributed by atoms with van der Waals surface area (Å²) in [5.41, 5.74) is 0. The van der Waals surface area contributed by atoms with E-state index in [0.29, 0.717) is 11.5 Å². The largest absolute Gasteiger partial charge is 0.491 e. The lowest BCUT2D eigenvalue weighted by Gasteiger charge is -2.08. The number of aliphatic hydroxyl groups excluding tert-OH is 4. The Balaban J connectivity index is 0.000000828. The van der Waals surface area contributed by atoms with Crippen molar-refractivity contribution in [3.05, 3.63) is 48.5 Å². The Hall–Kier alpha value is -2.17. The van der Waals surface area contributed by atoms with Crippen LogP contribution in [-0.2, 0) is 9.84 Å². The van der Waals surface area contributed by atoms with Gasteiger partial charge in [0, 0.05) is 0 Å². The van der Waals surface area contributed by atoms with Crippen molar-refractivity contribution in [1.29, 1.82) is 0 Å². The second-order valence-electron chi connectivity index (χ2n) is 5.04. The van der Waals surface area contributed by atoms with Crippen LogP contribution in [0.2, 0.25) is 0 Å². The minimum absolute atomic E-state index is 0.106. The van der Waals surface area contributed by atoms with Gasteiger partial charge in [0.1, 0.15) is 24.7 Å². The fourth-order valence-electron chi connectivity index (χ4n) is 1.89. The fraction of sp³-hybridized carbons (Fsp3) is 0.333. The molecule has 150 valence electrons.